The molecule has 0 fully saturated rings. The van der Waals surface area contributed by atoms with Crippen LogP contribution in [0.15, 0.2) is 36.7 Å². The predicted octanol–water partition coefficient (Wildman–Crippen LogP) is 3.53. The van der Waals surface area contributed by atoms with E-state index < -0.39 is 0 Å². The third kappa shape index (κ3) is 2.79. The van der Waals surface area contributed by atoms with E-state index in [2.05, 4.69) is 32.6 Å². The minimum absolute atomic E-state index is 0.331. The lowest BCUT2D eigenvalue weighted by Crippen LogP contribution is -1.91. The second kappa shape index (κ2) is 4.76. The molecular formula is C10H6ClIN2O. The predicted molar refractivity (Wildman–Crippen MR) is 66.3 cm³/mol. The smallest absolute Gasteiger partial charge is 0.321 e. The highest BCUT2D eigenvalue weighted by Gasteiger charge is 2.04. The summed E-state index contributed by atoms with van der Waals surface area (Å²) in [4.78, 5) is 7.94. The standard InChI is InChI=1S/C10H6ClIN2O/c11-7-2-3-9(8(12)6-7)15-10-13-4-1-5-14-10/h1-6H. The number of rotatable bonds is 2. The molecule has 0 bridgehead atoms. The quantitative estimate of drug-likeness (QED) is 0.789. The fourth-order valence-electron chi connectivity index (χ4n) is 0.994. The molecule has 0 aliphatic heterocycles. The molecule has 0 atom stereocenters. The van der Waals surface area contributed by atoms with Gasteiger partial charge in [-0.25, -0.2) is 9.97 Å². The van der Waals surface area contributed by atoms with Crippen molar-refractivity contribution < 1.29 is 4.74 Å². The molecule has 0 amide bonds. The Bertz CT molecular complexity index is 464. The second-order valence-electron chi connectivity index (χ2n) is 2.71. The molecule has 0 spiro atoms. The van der Waals surface area contributed by atoms with E-state index in [-0.39, 0.29) is 0 Å². The summed E-state index contributed by atoms with van der Waals surface area (Å²) in [7, 11) is 0. The zero-order valence-electron chi connectivity index (χ0n) is 7.52. The van der Waals surface area contributed by atoms with Gasteiger partial charge in [0.15, 0.2) is 0 Å². The first-order chi connectivity index (χ1) is 7.25. The second-order valence-corrected chi connectivity index (χ2v) is 4.31. The van der Waals surface area contributed by atoms with Crippen LogP contribution in [-0.4, -0.2) is 9.97 Å². The lowest BCUT2D eigenvalue weighted by Gasteiger charge is -2.05. The molecular weight excluding hydrogens is 326 g/mol. The van der Waals surface area contributed by atoms with Crippen LogP contribution in [0.5, 0.6) is 11.8 Å². The van der Waals surface area contributed by atoms with Crippen LogP contribution in [0.4, 0.5) is 0 Å². The normalized spacial score (nSPS) is 10.0. The van der Waals surface area contributed by atoms with Crippen LogP contribution in [0, 0.1) is 3.57 Å². The molecule has 15 heavy (non-hydrogen) atoms. The number of hydrogen-bond acceptors (Lipinski definition) is 3. The molecule has 76 valence electrons. The summed E-state index contributed by atoms with van der Waals surface area (Å²) in [6.07, 6.45) is 3.26. The van der Waals surface area contributed by atoms with Gasteiger partial charge in [0.05, 0.1) is 3.57 Å². The van der Waals surface area contributed by atoms with Crippen molar-refractivity contribution >= 4 is 34.2 Å². The number of aromatic nitrogens is 2. The fourth-order valence-corrected chi connectivity index (χ4v) is 1.98. The van der Waals surface area contributed by atoms with Crippen LogP contribution in [0.2, 0.25) is 5.02 Å². The first kappa shape index (κ1) is 10.6. The van der Waals surface area contributed by atoms with Gasteiger partial charge in [0.2, 0.25) is 0 Å². The van der Waals surface area contributed by atoms with Crippen molar-refractivity contribution in [2.75, 3.05) is 0 Å². The van der Waals surface area contributed by atoms with Crippen LogP contribution < -0.4 is 4.74 Å². The number of halogens is 2. The van der Waals surface area contributed by atoms with Crippen LogP contribution in [0.1, 0.15) is 0 Å². The molecule has 0 N–H and O–H groups in total. The van der Waals surface area contributed by atoms with Crippen molar-refractivity contribution in [3.63, 3.8) is 0 Å². The van der Waals surface area contributed by atoms with Gasteiger partial charge in [0, 0.05) is 17.4 Å². The van der Waals surface area contributed by atoms with Gasteiger partial charge in [-0.3, -0.25) is 0 Å². The summed E-state index contributed by atoms with van der Waals surface area (Å²) in [5.41, 5.74) is 0. The Hall–Kier alpha value is -0.880. The van der Waals surface area contributed by atoms with Crippen molar-refractivity contribution in [3.8, 4) is 11.8 Å². The molecule has 1 aromatic carbocycles. The van der Waals surface area contributed by atoms with Crippen molar-refractivity contribution in [1.29, 1.82) is 0 Å². The summed E-state index contributed by atoms with van der Waals surface area (Å²) in [6, 6.07) is 7.44. The zero-order chi connectivity index (χ0) is 10.7. The Balaban J connectivity index is 2.25. The van der Waals surface area contributed by atoms with E-state index in [1.54, 1.807) is 30.6 Å². The van der Waals surface area contributed by atoms with Crippen molar-refractivity contribution in [1.82, 2.24) is 9.97 Å². The molecule has 0 aliphatic rings. The molecule has 0 unspecified atom stereocenters. The lowest BCUT2D eigenvalue weighted by atomic mass is 10.3. The van der Waals surface area contributed by atoms with Gasteiger partial charge >= 0.3 is 6.01 Å². The molecule has 0 saturated heterocycles. The summed E-state index contributed by atoms with van der Waals surface area (Å²) < 4.78 is 6.40. The van der Waals surface area contributed by atoms with E-state index in [1.807, 2.05) is 6.07 Å². The van der Waals surface area contributed by atoms with E-state index >= 15 is 0 Å². The Morgan fingerprint density at radius 2 is 1.93 bits per heavy atom. The van der Waals surface area contributed by atoms with Crippen LogP contribution >= 0.6 is 34.2 Å². The van der Waals surface area contributed by atoms with E-state index in [9.17, 15) is 0 Å². The minimum Gasteiger partial charge on any atom is -0.423 e. The largest absolute Gasteiger partial charge is 0.423 e. The first-order valence-corrected chi connectivity index (χ1v) is 5.61. The van der Waals surface area contributed by atoms with Crippen LogP contribution in [-0.2, 0) is 0 Å². The summed E-state index contributed by atoms with van der Waals surface area (Å²) >= 11 is 7.98. The Morgan fingerprint density at radius 3 is 2.60 bits per heavy atom. The third-order valence-corrected chi connectivity index (χ3v) is 2.72. The van der Waals surface area contributed by atoms with E-state index in [4.69, 9.17) is 16.3 Å². The lowest BCUT2D eigenvalue weighted by molar-refractivity contribution is 0.439. The van der Waals surface area contributed by atoms with Gasteiger partial charge in [-0.15, -0.1) is 0 Å². The SMILES string of the molecule is Clc1ccc(Oc2ncccn2)c(I)c1. The van der Waals surface area contributed by atoms with E-state index in [0.717, 1.165) is 3.57 Å². The van der Waals surface area contributed by atoms with Crippen molar-refractivity contribution in [2.45, 2.75) is 0 Å². The molecule has 0 radical (unpaired) electrons. The molecule has 2 rings (SSSR count). The number of nitrogens with zero attached hydrogens (tertiary/aromatic N) is 2. The first-order valence-electron chi connectivity index (χ1n) is 4.15. The molecule has 1 heterocycles. The van der Waals surface area contributed by atoms with Gasteiger partial charge in [0.25, 0.3) is 0 Å². The topological polar surface area (TPSA) is 35.0 Å². The van der Waals surface area contributed by atoms with Gasteiger partial charge in [-0.05, 0) is 46.9 Å². The maximum absolute atomic E-state index is 5.83. The van der Waals surface area contributed by atoms with Crippen LogP contribution in [0.25, 0.3) is 0 Å². The van der Waals surface area contributed by atoms with Gasteiger partial charge in [-0.2, -0.15) is 0 Å². The Labute approximate surface area is 106 Å². The van der Waals surface area contributed by atoms with E-state index in [1.165, 1.54) is 0 Å². The van der Waals surface area contributed by atoms with Crippen molar-refractivity contribution in [3.05, 3.63) is 45.3 Å². The average Bonchev–Trinajstić information content (AvgIpc) is 2.24. The average molecular weight is 333 g/mol. The van der Waals surface area contributed by atoms with Crippen LogP contribution in [0.3, 0.4) is 0 Å². The Morgan fingerprint density at radius 1 is 1.20 bits per heavy atom. The zero-order valence-corrected chi connectivity index (χ0v) is 10.4. The summed E-state index contributed by atoms with van der Waals surface area (Å²) in [5, 5.41) is 0.681. The minimum atomic E-state index is 0.331. The maximum atomic E-state index is 5.83. The maximum Gasteiger partial charge on any atom is 0.321 e. The summed E-state index contributed by atoms with van der Waals surface area (Å²) in [6.45, 7) is 0. The van der Waals surface area contributed by atoms with E-state index in [0.29, 0.717) is 16.8 Å². The van der Waals surface area contributed by atoms with Crippen molar-refractivity contribution in [2.24, 2.45) is 0 Å². The highest BCUT2D eigenvalue weighted by Crippen LogP contribution is 2.26. The Kier molecular flexibility index (Phi) is 3.37. The molecule has 3 nitrogen and oxygen atoms in total. The number of benzene rings is 1. The summed E-state index contributed by atoms with van der Waals surface area (Å²) in [5.74, 6) is 0.700. The molecule has 5 heteroatoms. The highest BCUT2D eigenvalue weighted by atomic mass is 127. The fraction of sp³-hybridized carbons (Fsp3) is 0. The number of hydrogen-bond donors (Lipinski definition) is 0. The highest BCUT2D eigenvalue weighted by molar-refractivity contribution is 14.1. The third-order valence-electron chi connectivity index (χ3n) is 1.64. The van der Waals surface area contributed by atoms with Gasteiger partial charge < -0.3 is 4.74 Å². The van der Waals surface area contributed by atoms with Gasteiger partial charge in [-0.1, -0.05) is 11.6 Å². The molecule has 0 aliphatic carbocycles. The molecule has 2 aromatic rings. The molecule has 0 saturated carbocycles. The monoisotopic (exact) mass is 332 g/mol. The number of ether oxygens (including phenoxy) is 1. The molecule has 1 aromatic heterocycles. The van der Waals surface area contributed by atoms with Gasteiger partial charge in [0.1, 0.15) is 5.75 Å².